The molecule has 0 rings (SSSR count). The highest BCUT2D eigenvalue weighted by atomic mass is 79.9. The van der Waals surface area contributed by atoms with Gasteiger partial charge in [0.05, 0.1) is 5.75 Å². The molecule has 0 aliphatic carbocycles. The van der Waals surface area contributed by atoms with E-state index in [4.69, 9.17) is 0 Å². The van der Waals surface area contributed by atoms with Crippen molar-refractivity contribution >= 4 is 25.8 Å². The molecule has 0 spiro atoms. The Labute approximate surface area is 89.3 Å². The second-order valence-electron chi connectivity index (χ2n) is 2.94. The highest BCUT2D eigenvalue weighted by Crippen LogP contribution is 1.92. The molecule has 0 bridgehead atoms. The highest BCUT2D eigenvalue weighted by Gasteiger charge is 2.07. The summed E-state index contributed by atoms with van der Waals surface area (Å²) >= 11 is 3.31. The minimum atomic E-state index is -2.79. The van der Waals surface area contributed by atoms with Crippen molar-refractivity contribution in [3.63, 3.8) is 0 Å². The van der Waals surface area contributed by atoms with E-state index in [1.54, 1.807) is 0 Å². The first-order valence-corrected chi connectivity index (χ1v) is 7.53. The number of nitrogens with one attached hydrogen (secondary N) is 1. The Balaban J connectivity index is 3.41. The van der Waals surface area contributed by atoms with Gasteiger partial charge in [-0.25, -0.2) is 8.42 Å². The van der Waals surface area contributed by atoms with Crippen LogP contribution >= 0.6 is 15.9 Å². The van der Waals surface area contributed by atoms with Crippen LogP contribution in [0.5, 0.6) is 0 Å². The van der Waals surface area contributed by atoms with E-state index in [0.29, 0.717) is 18.7 Å². The van der Waals surface area contributed by atoms with Crippen LogP contribution in [0.1, 0.15) is 19.8 Å². The first kappa shape index (κ1) is 13.4. The fourth-order valence-electron chi connectivity index (χ4n) is 0.958. The normalized spacial score (nSPS) is 11.8. The van der Waals surface area contributed by atoms with Crippen LogP contribution in [0.25, 0.3) is 0 Å². The van der Waals surface area contributed by atoms with Crippen LogP contribution in [0.4, 0.5) is 0 Å². The predicted molar refractivity (Wildman–Crippen MR) is 60.2 cm³/mol. The van der Waals surface area contributed by atoms with Crippen molar-refractivity contribution in [2.45, 2.75) is 19.8 Å². The van der Waals surface area contributed by atoms with Gasteiger partial charge in [0.1, 0.15) is 0 Å². The van der Waals surface area contributed by atoms with Gasteiger partial charge in [0, 0.05) is 17.6 Å². The minimum Gasteiger partial charge on any atom is -0.316 e. The average Bonchev–Trinajstić information content (AvgIpc) is 2.04. The van der Waals surface area contributed by atoms with Crippen LogP contribution in [0.15, 0.2) is 0 Å². The number of sulfone groups is 1. The molecule has 0 aromatic rings. The van der Waals surface area contributed by atoms with E-state index in [2.05, 4.69) is 21.2 Å². The van der Waals surface area contributed by atoms with Crippen LogP contribution in [0, 0.1) is 0 Å². The van der Waals surface area contributed by atoms with Gasteiger partial charge >= 0.3 is 0 Å². The molecule has 0 radical (unpaired) electrons. The maximum absolute atomic E-state index is 11.2. The summed E-state index contributed by atoms with van der Waals surface area (Å²) < 4.78 is 22.4. The van der Waals surface area contributed by atoms with Gasteiger partial charge in [-0.3, -0.25) is 0 Å². The molecular formula is C8H18BrNO2S. The lowest BCUT2D eigenvalue weighted by atomic mass is 10.5. The van der Waals surface area contributed by atoms with Crippen molar-refractivity contribution in [2.24, 2.45) is 0 Å². The molecule has 0 heterocycles. The molecule has 0 saturated heterocycles. The molecule has 0 saturated carbocycles. The number of hydrogen-bond donors (Lipinski definition) is 1. The highest BCUT2D eigenvalue weighted by molar-refractivity contribution is 9.09. The fourth-order valence-corrected chi connectivity index (χ4v) is 2.52. The third-order valence-corrected chi connectivity index (χ3v) is 4.01. The van der Waals surface area contributed by atoms with E-state index >= 15 is 0 Å². The summed E-state index contributed by atoms with van der Waals surface area (Å²) in [5.74, 6) is 0.580. The van der Waals surface area contributed by atoms with Gasteiger partial charge in [-0.05, 0) is 19.4 Å². The number of rotatable bonds is 8. The molecule has 3 nitrogen and oxygen atoms in total. The molecule has 80 valence electrons. The van der Waals surface area contributed by atoms with Crippen LogP contribution < -0.4 is 5.32 Å². The molecule has 5 heteroatoms. The van der Waals surface area contributed by atoms with Gasteiger partial charge < -0.3 is 5.32 Å². The van der Waals surface area contributed by atoms with Crippen molar-refractivity contribution < 1.29 is 8.42 Å². The van der Waals surface area contributed by atoms with Gasteiger partial charge in [-0.1, -0.05) is 22.9 Å². The predicted octanol–water partition coefficient (Wildman–Crippen LogP) is 1.19. The van der Waals surface area contributed by atoms with Crippen molar-refractivity contribution in [1.82, 2.24) is 5.32 Å². The zero-order valence-corrected chi connectivity index (χ0v) is 10.5. The summed E-state index contributed by atoms with van der Waals surface area (Å²) in [6, 6.07) is 0. The summed E-state index contributed by atoms with van der Waals surface area (Å²) in [6.45, 7) is 3.35. The van der Waals surface area contributed by atoms with Crippen LogP contribution in [-0.2, 0) is 9.84 Å². The zero-order chi connectivity index (χ0) is 10.2. The summed E-state index contributed by atoms with van der Waals surface area (Å²) in [7, 11) is -2.79. The zero-order valence-electron chi connectivity index (χ0n) is 8.05. The van der Waals surface area contributed by atoms with Crippen LogP contribution in [-0.4, -0.2) is 38.3 Å². The van der Waals surface area contributed by atoms with E-state index in [0.717, 1.165) is 18.3 Å². The molecule has 0 fully saturated rings. The Morgan fingerprint density at radius 2 is 1.92 bits per heavy atom. The second-order valence-corrected chi connectivity index (χ2v) is 6.04. The van der Waals surface area contributed by atoms with E-state index in [9.17, 15) is 8.42 Å². The first-order chi connectivity index (χ1) is 6.12. The smallest absolute Gasteiger partial charge is 0.151 e. The summed E-state index contributed by atoms with van der Waals surface area (Å²) in [5, 5.41) is 4.05. The SMILES string of the molecule is CCCS(=O)(=O)CCNCCCBr. The molecular weight excluding hydrogens is 254 g/mol. The monoisotopic (exact) mass is 271 g/mol. The second kappa shape index (κ2) is 7.76. The van der Waals surface area contributed by atoms with E-state index in [1.807, 2.05) is 6.92 Å². The summed E-state index contributed by atoms with van der Waals surface area (Å²) in [6.07, 6.45) is 1.75. The Morgan fingerprint density at radius 1 is 1.23 bits per heavy atom. The fraction of sp³-hybridized carbons (Fsp3) is 1.00. The lowest BCUT2D eigenvalue weighted by Gasteiger charge is -2.03. The molecule has 0 aliphatic rings. The third kappa shape index (κ3) is 8.71. The van der Waals surface area contributed by atoms with Crippen molar-refractivity contribution in [1.29, 1.82) is 0 Å². The molecule has 0 aliphatic heterocycles. The number of halogens is 1. The molecule has 0 aromatic heterocycles. The minimum absolute atomic E-state index is 0.267. The Kier molecular flexibility index (Phi) is 8.00. The largest absolute Gasteiger partial charge is 0.316 e. The van der Waals surface area contributed by atoms with Gasteiger partial charge in [-0.2, -0.15) is 0 Å². The van der Waals surface area contributed by atoms with E-state index < -0.39 is 9.84 Å². The molecule has 0 atom stereocenters. The van der Waals surface area contributed by atoms with Crippen molar-refractivity contribution in [2.75, 3.05) is 29.9 Å². The van der Waals surface area contributed by atoms with Crippen LogP contribution in [0.2, 0.25) is 0 Å². The Bertz CT molecular complexity index is 204. The molecule has 0 aromatic carbocycles. The number of alkyl halides is 1. The molecule has 0 unspecified atom stereocenters. The maximum atomic E-state index is 11.2. The third-order valence-electron chi connectivity index (χ3n) is 1.59. The first-order valence-electron chi connectivity index (χ1n) is 4.59. The maximum Gasteiger partial charge on any atom is 0.151 e. The van der Waals surface area contributed by atoms with E-state index in [-0.39, 0.29) is 5.75 Å². The Morgan fingerprint density at radius 3 is 2.46 bits per heavy atom. The van der Waals surface area contributed by atoms with Gasteiger partial charge in [0.25, 0.3) is 0 Å². The van der Waals surface area contributed by atoms with E-state index in [1.165, 1.54) is 0 Å². The summed E-state index contributed by atoms with van der Waals surface area (Å²) in [5.41, 5.74) is 0. The molecule has 1 N–H and O–H groups in total. The quantitative estimate of drug-likeness (QED) is 0.533. The van der Waals surface area contributed by atoms with Crippen LogP contribution in [0.3, 0.4) is 0 Å². The molecule has 13 heavy (non-hydrogen) atoms. The lowest BCUT2D eigenvalue weighted by molar-refractivity contribution is 0.589. The standard InChI is InChI=1S/C8H18BrNO2S/c1-2-7-13(11,12)8-6-10-5-3-4-9/h10H,2-8H2,1H3. The average molecular weight is 272 g/mol. The molecule has 0 amide bonds. The van der Waals surface area contributed by atoms with Crippen molar-refractivity contribution in [3.05, 3.63) is 0 Å². The lowest BCUT2D eigenvalue weighted by Crippen LogP contribution is -2.25. The Hall–Kier alpha value is 0.390. The number of hydrogen-bond acceptors (Lipinski definition) is 3. The topological polar surface area (TPSA) is 46.2 Å². The summed E-state index contributed by atoms with van der Waals surface area (Å²) in [4.78, 5) is 0. The van der Waals surface area contributed by atoms with Crippen molar-refractivity contribution in [3.8, 4) is 0 Å². The van der Waals surface area contributed by atoms with Gasteiger partial charge in [0.15, 0.2) is 9.84 Å². The van der Waals surface area contributed by atoms with Gasteiger partial charge in [-0.15, -0.1) is 0 Å². The van der Waals surface area contributed by atoms with Gasteiger partial charge in [0.2, 0.25) is 0 Å².